The van der Waals surface area contributed by atoms with Crippen LogP contribution in [0.5, 0.6) is 11.5 Å². The van der Waals surface area contributed by atoms with Gasteiger partial charge in [-0.3, -0.25) is 4.90 Å². The van der Waals surface area contributed by atoms with Crippen molar-refractivity contribution in [2.45, 2.75) is 51.4 Å². The van der Waals surface area contributed by atoms with Gasteiger partial charge in [0, 0.05) is 24.2 Å². The maximum absolute atomic E-state index is 15.6. The average Bonchev–Trinajstić information content (AvgIpc) is 3.26. The summed E-state index contributed by atoms with van der Waals surface area (Å²) in [5.41, 5.74) is 8.28. The third-order valence-corrected chi connectivity index (χ3v) is 7.17. The van der Waals surface area contributed by atoms with E-state index in [4.69, 9.17) is 15.6 Å². The van der Waals surface area contributed by atoms with Crippen LogP contribution in [0.2, 0.25) is 0 Å². The molecular weight excluding hydrogens is 443 g/mol. The Morgan fingerprint density at radius 2 is 1.77 bits per heavy atom. The standard InChI is InChI=1S/C27H31FN6O/c1-4-27(2,3)33-15-14-22(21(28)16-33)34-26-23(25(29)30-17-31-26)24(32-34)18-10-12-20(13-11-18)35-19-8-6-5-7-9-19/h5-13,17,21-22H,4,14-16H2,1-3H3,(H2,29,30,31). The summed E-state index contributed by atoms with van der Waals surface area (Å²) in [5, 5.41) is 5.50. The van der Waals surface area contributed by atoms with E-state index in [1.807, 2.05) is 54.6 Å². The van der Waals surface area contributed by atoms with E-state index in [0.717, 1.165) is 24.3 Å². The SMILES string of the molecule is CCC(C)(C)N1CCC(n2nc(-c3ccc(Oc4ccccc4)cc3)c3c(N)ncnc32)C(F)C1. The van der Waals surface area contributed by atoms with Crippen LogP contribution in [-0.2, 0) is 0 Å². The Morgan fingerprint density at radius 1 is 1.06 bits per heavy atom. The molecule has 3 heterocycles. The quantitative estimate of drug-likeness (QED) is 0.389. The van der Waals surface area contributed by atoms with Crippen LogP contribution in [0.15, 0.2) is 60.9 Å². The number of hydrogen-bond acceptors (Lipinski definition) is 6. The molecular formula is C27H31FN6O. The fraction of sp³-hybridized carbons (Fsp3) is 0.370. The van der Waals surface area contributed by atoms with Crippen LogP contribution in [0.1, 0.15) is 39.7 Å². The van der Waals surface area contributed by atoms with Gasteiger partial charge < -0.3 is 10.5 Å². The first-order chi connectivity index (χ1) is 16.9. The molecule has 4 aromatic rings. The number of rotatable bonds is 6. The molecule has 0 spiro atoms. The Morgan fingerprint density at radius 3 is 2.46 bits per heavy atom. The zero-order valence-electron chi connectivity index (χ0n) is 20.4. The maximum atomic E-state index is 15.6. The van der Waals surface area contributed by atoms with Crippen molar-refractivity contribution in [2.24, 2.45) is 0 Å². The number of hydrogen-bond donors (Lipinski definition) is 1. The van der Waals surface area contributed by atoms with Gasteiger partial charge in [-0.1, -0.05) is 25.1 Å². The van der Waals surface area contributed by atoms with Gasteiger partial charge in [-0.05, 0) is 63.1 Å². The number of aromatic nitrogens is 4. The third-order valence-electron chi connectivity index (χ3n) is 7.17. The normalized spacial score (nSPS) is 19.2. The molecule has 2 N–H and O–H groups in total. The molecule has 1 saturated heterocycles. The smallest absolute Gasteiger partial charge is 0.164 e. The molecule has 8 heteroatoms. The number of alkyl halides is 1. The third kappa shape index (κ3) is 4.46. The van der Waals surface area contributed by atoms with Gasteiger partial charge in [0.2, 0.25) is 0 Å². The van der Waals surface area contributed by atoms with Crippen molar-refractivity contribution < 1.29 is 9.13 Å². The van der Waals surface area contributed by atoms with Crippen molar-refractivity contribution in [1.82, 2.24) is 24.6 Å². The molecule has 0 amide bonds. The van der Waals surface area contributed by atoms with E-state index < -0.39 is 12.2 Å². The summed E-state index contributed by atoms with van der Waals surface area (Å²) in [6, 6.07) is 16.8. The van der Waals surface area contributed by atoms with Crippen molar-refractivity contribution in [3.8, 4) is 22.8 Å². The molecule has 1 fully saturated rings. The summed E-state index contributed by atoms with van der Waals surface area (Å²) in [5.74, 6) is 1.81. The monoisotopic (exact) mass is 474 g/mol. The Labute approximate surface area is 204 Å². The number of fused-ring (bicyclic) bond motifs is 1. The number of likely N-dealkylation sites (tertiary alicyclic amines) is 1. The molecule has 7 nitrogen and oxygen atoms in total. The average molecular weight is 475 g/mol. The molecule has 1 aliphatic rings. The van der Waals surface area contributed by atoms with Crippen molar-refractivity contribution in [2.75, 3.05) is 18.8 Å². The lowest BCUT2D eigenvalue weighted by atomic mass is 9.93. The lowest BCUT2D eigenvalue weighted by Gasteiger charge is -2.44. The van der Waals surface area contributed by atoms with Gasteiger partial charge in [0.15, 0.2) is 5.65 Å². The van der Waals surface area contributed by atoms with Gasteiger partial charge in [-0.25, -0.2) is 19.0 Å². The number of ether oxygens (including phenoxy) is 1. The molecule has 2 unspecified atom stereocenters. The predicted molar refractivity (Wildman–Crippen MR) is 136 cm³/mol. The molecule has 35 heavy (non-hydrogen) atoms. The van der Waals surface area contributed by atoms with Crippen LogP contribution in [0.25, 0.3) is 22.3 Å². The van der Waals surface area contributed by atoms with E-state index >= 15 is 4.39 Å². The number of para-hydroxylation sites is 1. The maximum Gasteiger partial charge on any atom is 0.164 e. The van der Waals surface area contributed by atoms with E-state index in [1.165, 1.54) is 6.33 Å². The molecule has 1 aliphatic heterocycles. The minimum atomic E-state index is -1.07. The first kappa shape index (κ1) is 23.2. The van der Waals surface area contributed by atoms with E-state index in [0.29, 0.717) is 41.3 Å². The molecule has 0 saturated carbocycles. The van der Waals surface area contributed by atoms with Crippen LogP contribution in [0.4, 0.5) is 10.2 Å². The van der Waals surface area contributed by atoms with Crippen LogP contribution < -0.4 is 10.5 Å². The number of nitrogen functional groups attached to an aromatic ring is 1. The minimum Gasteiger partial charge on any atom is -0.457 e. The Hall–Kier alpha value is -3.52. The van der Waals surface area contributed by atoms with Gasteiger partial charge in [-0.2, -0.15) is 5.10 Å². The number of nitrogens with two attached hydrogens (primary N) is 1. The van der Waals surface area contributed by atoms with Crippen LogP contribution >= 0.6 is 0 Å². The Balaban J connectivity index is 1.47. The summed E-state index contributed by atoms with van der Waals surface area (Å²) in [6.45, 7) is 7.65. The number of piperidine rings is 1. The predicted octanol–water partition coefficient (Wildman–Crippen LogP) is 5.64. The first-order valence-corrected chi connectivity index (χ1v) is 12.1. The summed E-state index contributed by atoms with van der Waals surface area (Å²) >= 11 is 0. The van der Waals surface area contributed by atoms with E-state index in [2.05, 4.69) is 35.6 Å². The summed E-state index contributed by atoms with van der Waals surface area (Å²) in [6.07, 6.45) is 1.96. The largest absolute Gasteiger partial charge is 0.457 e. The Kier molecular flexibility index (Phi) is 6.15. The second-order valence-electron chi connectivity index (χ2n) is 9.67. The zero-order valence-corrected chi connectivity index (χ0v) is 20.4. The number of nitrogens with zero attached hydrogens (tertiary/aromatic N) is 5. The second-order valence-corrected chi connectivity index (χ2v) is 9.67. The summed E-state index contributed by atoms with van der Waals surface area (Å²) in [4.78, 5) is 10.9. The molecule has 2 aromatic carbocycles. The summed E-state index contributed by atoms with van der Waals surface area (Å²) in [7, 11) is 0. The van der Waals surface area contributed by atoms with Crippen molar-refractivity contribution in [3.05, 3.63) is 60.9 Å². The second kappa shape index (κ2) is 9.26. The van der Waals surface area contributed by atoms with Crippen molar-refractivity contribution >= 4 is 16.9 Å². The minimum absolute atomic E-state index is 0.0389. The van der Waals surface area contributed by atoms with Gasteiger partial charge in [0.25, 0.3) is 0 Å². The van der Waals surface area contributed by atoms with E-state index in [1.54, 1.807) is 4.68 Å². The lowest BCUT2D eigenvalue weighted by Crippen LogP contribution is -2.52. The highest BCUT2D eigenvalue weighted by Crippen LogP contribution is 2.37. The van der Waals surface area contributed by atoms with Gasteiger partial charge in [0.05, 0.1) is 11.4 Å². The molecule has 0 aliphatic carbocycles. The van der Waals surface area contributed by atoms with Gasteiger partial charge in [-0.15, -0.1) is 0 Å². The number of benzene rings is 2. The van der Waals surface area contributed by atoms with Crippen LogP contribution in [0.3, 0.4) is 0 Å². The number of anilines is 1. The topological polar surface area (TPSA) is 82.1 Å². The van der Waals surface area contributed by atoms with Gasteiger partial charge in [0.1, 0.15) is 35.5 Å². The van der Waals surface area contributed by atoms with Crippen molar-refractivity contribution in [3.63, 3.8) is 0 Å². The van der Waals surface area contributed by atoms with Crippen LogP contribution in [-0.4, -0.2) is 49.4 Å². The fourth-order valence-electron chi connectivity index (χ4n) is 4.68. The molecule has 0 bridgehead atoms. The summed E-state index contributed by atoms with van der Waals surface area (Å²) < 4.78 is 23.2. The van der Waals surface area contributed by atoms with Gasteiger partial charge >= 0.3 is 0 Å². The lowest BCUT2D eigenvalue weighted by molar-refractivity contribution is 0.0201. The highest BCUT2D eigenvalue weighted by molar-refractivity contribution is 5.98. The van der Waals surface area contributed by atoms with Crippen LogP contribution in [0, 0.1) is 0 Å². The first-order valence-electron chi connectivity index (χ1n) is 12.1. The van der Waals surface area contributed by atoms with Crippen molar-refractivity contribution in [1.29, 1.82) is 0 Å². The Bertz CT molecular complexity index is 1300. The molecule has 0 radical (unpaired) electrons. The molecule has 182 valence electrons. The fourth-order valence-corrected chi connectivity index (χ4v) is 4.68. The highest BCUT2D eigenvalue weighted by atomic mass is 19.1. The number of halogens is 1. The molecule has 5 rings (SSSR count). The molecule has 2 aromatic heterocycles. The molecule has 2 atom stereocenters. The van der Waals surface area contributed by atoms with E-state index in [-0.39, 0.29) is 5.54 Å². The highest BCUT2D eigenvalue weighted by Gasteiger charge is 2.38. The van der Waals surface area contributed by atoms with E-state index in [9.17, 15) is 0 Å². The zero-order chi connectivity index (χ0) is 24.6.